The number of aromatic nitrogens is 2. The summed E-state index contributed by atoms with van der Waals surface area (Å²) in [6.07, 6.45) is 0.712. The molecule has 1 N–H and O–H groups in total. The van der Waals surface area contributed by atoms with E-state index in [4.69, 9.17) is 5.11 Å². The second-order valence-electron chi connectivity index (χ2n) is 4.03. The summed E-state index contributed by atoms with van der Waals surface area (Å²) in [6, 6.07) is 9.81. The van der Waals surface area contributed by atoms with Gasteiger partial charge >= 0.3 is 5.97 Å². The van der Waals surface area contributed by atoms with Gasteiger partial charge in [-0.25, -0.2) is 14.8 Å². The number of aromatic carboxylic acids is 1. The third-order valence-corrected chi connectivity index (χ3v) is 2.88. The maximum atomic E-state index is 11.2. The van der Waals surface area contributed by atoms with Crippen molar-refractivity contribution in [1.82, 2.24) is 9.97 Å². The number of hydrogen-bond donors (Lipinski definition) is 1. The molecule has 5 nitrogen and oxygen atoms in total. The molecule has 1 heterocycles. The molecule has 0 atom stereocenters. The first-order chi connectivity index (χ1) is 9.20. The number of aldehydes is 1. The van der Waals surface area contributed by atoms with Crippen LogP contribution >= 0.6 is 0 Å². The lowest BCUT2D eigenvalue weighted by atomic mass is 10.1. The number of carbonyl (C=O) groups is 2. The van der Waals surface area contributed by atoms with Gasteiger partial charge in [-0.15, -0.1) is 0 Å². The smallest absolute Gasteiger partial charge is 0.337 e. The molecule has 2 aromatic carbocycles. The Morgan fingerprint density at radius 2 is 1.63 bits per heavy atom. The van der Waals surface area contributed by atoms with Crippen LogP contribution in [0.3, 0.4) is 0 Å². The SMILES string of the molecule is O=Cc1cccc2nc3c(C(=O)O)cccc3nc12. The Morgan fingerprint density at radius 3 is 2.32 bits per heavy atom. The van der Waals surface area contributed by atoms with Gasteiger partial charge < -0.3 is 5.11 Å². The van der Waals surface area contributed by atoms with Gasteiger partial charge in [0.25, 0.3) is 0 Å². The zero-order chi connectivity index (χ0) is 13.4. The van der Waals surface area contributed by atoms with Crippen LogP contribution in [0.4, 0.5) is 0 Å². The number of carbonyl (C=O) groups excluding carboxylic acids is 1. The van der Waals surface area contributed by atoms with Gasteiger partial charge in [0.2, 0.25) is 0 Å². The van der Waals surface area contributed by atoms with Crippen LogP contribution in [0.2, 0.25) is 0 Å². The molecule has 3 rings (SSSR count). The van der Waals surface area contributed by atoms with Gasteiger partial charge in [0, 0.05) is 5.56 Å². The first kappa shape index (κ1) is 11.3. The topological polar surface area (TPSA) is 80.2 Å². The van der Waals surface area contributed by atoms with E-state index in [1.54, 1.807) is 30.3 Å². The Labute approximate surface area is 107 Å². The average Bonchev–Trinajstić information content (AvgIpc) is 2.43. The zero-order valence-corrected chi connectivity index (χ0v) is 9.70. The lowest BCUT2D eigenvalue weighted by molar-refractivity contribution is 0.0698. The van der Waals surface area contributed by atoms with Crippen LogP contribution in [0.15, 0.2) is 36.4 Å². The van der Waals surface area contributed by atoms with Gasteiger partial charge in [-0.2, -0.15) is 0 Å². The van der Waals surface area contributed by atoms with E-state index >= 15 is 0 Å². The highest BCUT2D eigenvalue weighted by Crippen LogP contribution is 2.21. The van der Waals surface area contributed by atoms with Crippen molar-refractivity contribution in [1.29, 1.82) is 0 Å². The van der Waals surface area contributed by atoms with Crippen LogP contribution in [-0.4, -0.2) is 27.3 Å². The van der Waals surface area contributed by atoms with Crippen molar-refractivity contribution >= 4 is 34.3 Å². The zero-order valence-electron chi connectivity index (χ0n) is 9.70. The van der Waals surface area contributed by atoms with E-state index < -0.39 is 5.97 Å². The van der Waals surface area contributed by atoms with E-state index in [1.807, 2.05) is 0 Å². The molecule has 0 saturated carbocycles. The number of benzene rings is 2. The Kier molecular flexibility index (Phi) is 2.45. The summed E-state index contributed by atoms with van der Waals surface area (Å²) in [5.74, 6) is -1.05. The van der Waals surface area contributed by atoms with Crippen molar-refractivity contribution in [2.24, 2.45) is 0 Å². The fourth-order valence-corrected chi connectivity index (χ4v) is 2.01. The maximum absolute atomic E-state index is 11.2. The number of carboxylic acids is 1. The van der Waals surface area contributed by atoms with E-state index in [0.717, 1.165) is 0 Å². The van der Waals surface area contributed by atoms with Gasteiger partial charge in [-0.05, 0) is 24.3 Å². The minimum Gasteiger partial charge on any atom is -0.478 e. The fourth-order valence-electron chi connectivity index (χ4n) is 2.01. The Balaban J connectivity index is 2.48. The Bertz CT molecular complexity index is 827. The molecule has 0 bridgehead atoms. The number of fused-ring (bicyclic) bond motifs is 2. The molecule has 1 aromatic heterocycles. The summed E-state index contributed by atoms with van der Waals surface area (Å²) >= 11 is 0. The maximum Gasteiger partial charge on any atom is 0.337 e. The van der Waals surface area contributed by atoms with E-state index in [2.05, 4.69) is 9.97 Å². The third-order valence-electron chi connectivity index (χ3n) is 2.88. The molecule has 19 heavy (non-hydrogen) atoms. The van der Waals surface area contributed by atoms with Crippen LogP contribution in [0.1, 0.15) is 20.7 Å². The molecular weight excluding hydrogens is 244 g/mol. The van der Waals surface area contributed by atoms with Crippen molar-refractivity contribution in [3.63, 3.8) is 0 Å². The molecular formula is C14H8N2O3. The molecule has 0 amide bonds. The number of nitrogens with zero attached hydrogens (tertiary/aromatic N) is 2. The number of para-hydroxylation sites is 2. The second kappa shape index (κ2) is 4.13. The van der Waals surface area contributed by atoms with Crippen molar-refractivity contribution < 1.29 is 14.7 Å². The van der Waals surface area contributed by atoms with E-state index in [1.165, 1.54) is 6.07 Å². The summed E-state index contributed by atoms with van der Waals surface area (Å²) in [5, 5.41) is 9.13. The predicted octanol–water partition coefficient (Wildman–Crippen LogP) is 2.29. The van der Waals surface area contributed by atoms with Crippen LogP contribution in [0.5, 0.6) is 0 Å². The van der Waals surface area contributed by atoms with Crippen LogP contribution in [0, 0.1) is 0 Å². The highest BCUT2D eigenvalue weighted by Gasteiger charge is 2.12. The highest BCUT2D eigenvalue weighted by molar-refractivity contribution is 6.04. The Hall–Kier alpha value is -2.82. The van der Waals surface area contributed by atoms with Crippen LogP contribution < -0.4 is 0 Å². The molecule has 0 fully saturated rings. The molecule has 0 aliphatic rings. The van der Waals surface area contributed by atoms with Crippen LogP contribution in [-0.2, 0) is 0 Å². The second-order valence-corrected chi connectivity index (χ2v) is 4.03. The average molecular weight is 252 g/mol. The van der Waals surface area contributed by atoms with Crippen molar-refractivity contribution in [3.8, 4) is 0 Å². The van der Waals surface area contributed by atoms with Gasteiger partial charge in [0.1, 0.15) is 5.52 Å². The molecule has 92 valence electrons. The minimum absolute atomic E-state index is 0.100. The van der Waals surface area contributed by atoms with Crippen molar-refractivity contribution in [3.05, 3.63) is 47.5 Å². The predicted molar refractivity (Wildman–Crippen MR) is 69.4 cm³/mol. The molecule has 0 radical (unpaired) electrons. The number of rotatable bonds is 2. The highest BCUT2D eigenvalue weighted by atomic mass is 16.4. The molecule has 0 spiro atoms. The largest absolute Gasteiger partial charge is 0.478 e. The van der Waals surface area contributed by atoms with Gasteiger partial charge in [-0.1, -0.05) is 12.1 Å². The first-order valence-corrected chi connectivity index (χ1v) is 5.58. The molecule has 0 aliphatic heterocycles. The lowest BCUT2D eigenvalue weighted by Gasteiger charge is -2.04. The standard InChI is InChI=1S/C14H8N2O3/c17-7-8-3-1-5-10-12(8)15-11-6-2-4-9(14(18)19)13(11)16-10/h1-7H,(H,18,19). The quantitative estimate of drug-likeness (QED) is 0.559. The molecule has 0 unspecified atom stereocenters. The summed E-state index contributed by atoms with van der Waals surface area (Å²) in [7, 11) is 0. The van der Waals surface area contributed by atoms with E-state index in [0.29, 0.717) is 33.9 Å². The van der Waals surface area contributed by atoms with Gasteiger partial charge in [0.15, 0.2) is 6.29 Å². The lowest BCUT2D eigenvalue weighted by Crippen LogP contribution is -2.00. The molecule has 0 saturated heterocycles. The summed E-state index contributed by atoms with van der Waals surface area (Å²) in [5.41, 5.74) is 2.31. The van der Waals surface area contributed by atoms with Gasteiger partial charge in [-0.3, -0.25) is 4.79 Å². The van der Waals surface area contributed by atoms with Gasteiger partial charge in [0.05, 0.1) is 22.1 Å². The monoisotopic (exact) mass is 252 g/mol. The third kappa shape index (κ3) is 1.72. The Morgan fingerprint density at radius 1 is 1.00 bits per heavy atom. The van der Waals surface area contributed by atoms with Crippen LogP contribution in [0.25, 0.3) is 22.1 Å². The number of carboxylic acid groups (broad SMARTS) is 1. The van der Waals surface area contributed by atoms with E-state index in [-0.39, 0.29) is 5.56 Å². The molecule has 5 heteroatoms. The number of hydrogen-bond acceptors (Lipinski definition) is 4. The first-order valence-electron chi connectivity index (χ1n) is 5.58. The summed E-state index contributed by atoms with van der Waals surface area (Å²) < 4.78 is 0. The summed E-state index contributed by atoms with van der Waals surface area (Å²) in [6.45, 7) is 0. The normalized spacial score (nSPS) is 10.7. The van der Waals surface area contributed by atoms with Crippen molar-refractivity contribution in [2.75, 3.05) is 0 Å². The minimum atomic E-state index is -1.05. The van der Waals surface area contributed by atoms with E-state index in [9.17, 15) is 9.59 Å². The molecule has 3 aromatic rings. The molecule has 0 aliphatic carbocycles. The summed E-state index contributed by atoms with van der Waals surface area (Å²) in [4.78, 5) is 30.8. The van der Waals surface area contributed by atoms with Crippen molar-refractivity contribution in [2.45, 2.75) is 0 Å². The fraction of sp³-hybridized carbons (Fsp3) is 0.